The fourth-order valence-corrected chi connectivity index (χ4v) is 1.53. The van der Waals surface area contributed by atoms with Crippen LogP contribution in [0.2, 0.25) is 0 Å². The van der Waals surface area contributed by atoms with E-state index in [0.29, 0.717) is 13.0 Å². The van der Waals surface area contributed by atoms with Crippen LogP contribution in [0.3, 0.4) is 0 Å². The second kappa shape index (κ2) is 6.44. The highest BCUT2D eigenvalue weighted by atomic mass is 127. The molecular weight excluding hydrogens is 307 g/mol. The van der Waals surface area contributed by atoms with Gasteiger partial charge in [-0.1, -0.05) is 18.2 Å². The summed E-state index contributed by atoms with van der Waals surface area (Å²) >= 11 is 2.19. The number of carboxylic acids is 1. The highest BCUT2D eigenvalue weighted by Crippen LogP contribution is 2.19. The number of carboxylic acid groups (broad SMARTS) is 1. The minimum Gasteiger partial charge on any atom is -0.492 e. The number of halogens is 1. The molecule has 0 aliphatic carbocycles. The van der Waals surface area contributed by atoms with Crippen molar-refractivity contribution in [1.82, 2.24) is 0 Å². The quantitative estimate of drug-likeness (QED) is 0.516. The number of hydrogen-bond donors (Lipinski definition) is 1. The molecule has 80 valence electrons. The Morgan fingerprint density at radius 2 is 2.20 bits per heavy atom. The van der Waals surface area contributed by atoms with Gasteiger partial charge in [0.25, 0.3) is 0 Å². The zero-order valence-electron chi connectivity index (χ0n) is 8.02. The highest BCUT2D eigenvalue weighted by Gasteiger charge is 1.97. The van der Waals surface area contributed by atoms with Crippen molar-refractivity contribution in [2.75, 3.05) is 6.61 Å². The second-order valence-electron chi connectivity index (χ2n) is 2.81. The third kappa shape index (κ3) is 4.83. The summed E-state index contributed by atoms with van der Waals surface area (Å²) in [5.74, 6) is -0.0916. The minimum absolute atomic E-state index is 0.490. The molecule has 0 spiro atoms. The van der Waals surface area contributed by atoms with Crippen molar-refractivity contribution < 1.29 is 14.6 Å². The fraction of sp³-hybridized carbons (Fsp3) is 0.182. The lowest BCUT2D eigenvalue weighted by Gasteiger charge is -2.05. The van der Waals surface area contributed by atoms with Gasteiger partial charge < -0.3 is 9.84 Å². The summed E-state index contributed by atoms with van der Waals surface area (Å²) in [6.07, 6.45) is 3.30. The third-order valence-corrected chi connectivity index (χ3v) is 2.53. The van der Waals surface area contributed by atoms with Gasteiger partial charge in [-0.2, -0.15) is 0 Å². The molecule has 0 aromatic heterocycles. The number of rotatable bonds is 5. The largest absolute Gasteiger partial charge is 0.492 e. The molecule has 0 radical (unpaired) electrons. The van der Waals surface area contributed by atoms with Crippen molar-refractivity contribution in [3.8, 4) is 5.75 Å². The van der Waals surface area contributed by atoms with Crippen LogP contribution in [0.4, 0.5) is 0 Å². The summed E-state index contributed by atoms with van der Waals surface area (Å²) in [6, 6.07) is 7.70. The van der Waals surface area contributed by atoms with Crippen molar-refractivity contribution in [3.05, 3.63) is 40.0 Å². The Balaban J connectivity index is 2.32. The van der Waals surface area contributed by atoms with Crippen molar-refractivity contribution in [2.45, 2.75) is 6.42 Å². The van der Waals surface area contributed by atoms with E-state index in [4.69, 9.17) is 9.84 Å². The van der Waals surface area contributed by atoms with Gasteiger partial charge in [-0.25, -0.2) is 4.79 Å². The van der Waals surface area contributed by atoms with Gasteiger partial charge in [0, 0.05) is 6.08 Å². The van der Waals surface area contributed by atoms with Crippen LogP contribution in [0.1, 0.15) is 6.42 Å². The summed E-state index contributed by atoms with van der Waals surface area (Å²) in [5, 5.41) is 8.35. The maximum atomic E-state index is 10.2. The van der Waals surface area contributed by atoms with Crippen molar-refractivity contribution in [1.29, 1.82) is 0 Å². The molecule has 3 nitrogen and oxygen atoms in total. The Bertz CT molecular complexity index is 361. The van der Waals surface area contributed by atoms with E-state index in [9.17, 15) is 4.79 Å². The molecule has 1 rings (SSSR count). The zero-order chi connectivity index (χ0) is 11.1. The number of para-hydroxylation sites is 1. The van der Waals surface area contributed by atoms with Crippen molar-refractivity contribution in [2.24, 2.45) is 0 Å². The Morgan fingerprint density at radius 1 is 1.47 bits per heavy atom. The number of carbonyl (C=O) groups is 1. The summed E-state index contributed by atoms with van der Waals surface area (Å²) in [4.78, 5) is 10.2. The van der Waals surface area contributed by atoms with Crippen LogP contribution in [0.25, 0.3) is 0 Å². The Labute approximate surface area is 102 Å². The van der Waals surface area contributed by atoms with Crippen LogP contribution in [0.5, 0.6) is 5.75 Å². The molecule has 0 saturated carbocycles. The smallest absolute Gasteiger partial charge is 0.327 e. The van der Waals surface area contributed by atoms with Gasteiger partial charge in [0.05, 0.1) is 10.2 Å². The summed E-state index contributed by atoms with van der Waals surface area (Å²) in [7, 11) is 0. The van der Waals surface area contributed by atoms with Crippen molar-refractivity contribution >= 4 is 28.6 Å². The molecular formula is C11H11IO3. The maximum absolute atomic E-state index is 10.2. The minimum atomic E-state index is -0.927. The first kappa shape index (κ1) is 12.0. The van der Waals surface area contributed by atoms with Gasteiger partial charge in [0.15, 0.2) is 0 Å². The van der Waals surface area contributed by atoms with E-state index in [2.05, 4.69) is 22.6 Å². The molecule has 1 N–H and O–H groups in total. The standard InChI is InChI=1S/C11H11IO3/c12-9-5-1-2-6-10(9)15-8-4-3-7-11(13)14/h1-3,5-7H,4,8H2,(H,13,14)/b7-3+. The molecule has 1 aromatic rings. The van der Waals surface area contributed by atoms with Crippen LogP contribution < -0.4 is 4.74 Å². The molecule has 0 saturated heterocycles. The molecule has 0 amide bonds. The topological polar surface area (TPSA) is 46.5 Å². The van der Waals surface area contributed by atoms with E-state index in [-0.39, 0.29) is 0 Å². The van der Waals surface area contributed by atoms with E-state index in [1.165, 1.54) is 0 Å². The normalized spacial score (nSPS) is 10.5. The Kier molecular flexibility index (Phi) is 5.17. The molecule has 0 fully saturated rings. The first-order valence-corrected chi connectivity index (χ1v) is 5.55. The number of ether oxygens (including phenoxy) is 1. The lowest BCUT2D eigenvalue weighted by atomic mass is 10.3. The summed E-state index contributed by atoms with van der Waals surface area (Å²) in [5.41, 5.74) is 0. The van der Waals surface area contributed by atoms with Gasteiger partial charge >= 0.3 is 5.97 Å². The lowest BCUT2D eigenvalue weighted by molar-refractivity contribution is -0.131. The molecule has 0 aliphatic rings. The van der Waals surface area contributed by atoms with Crippen molar-refractivity contribution in [3.63, 3.8) is 0 Å². The molecule has 0 aliphatic heterocycles. The lowest BCUT2D eigenvalue weighted by Crippen LogP contribution is -1.97. The monoisotopic (exact) mass is 318 g/mol. The second-order valence-corrected chi connectivity index (χ2v) is 3.97. The Hall–Kier alpha value is -1.04. The van der Waals surface area contributed by atoms with Crippen LogP contribution in [-0.2, 0) is 4.79 Å². The maximum Gasteiger partial charge on any atom is 0.327 e. The molecule has 0 bridgehead atoms. The molecule has 0 heterocycles. The average Bonchev–Trinajstić information content (AvgIpc) is 2.20. The number of hydrogen-bond acceptors (Lipinski definition) is 2. The first-order chi connectivity index (χ1) is 7.20. The van der Waals surface area contributed by atoms with Crippen LogP contribution in [-0.4, -0.2) is 17.7 Å². The van der Waals surface area contributed by atoms with Crippen LogP contribution >= 0.6 is 22.6 Å². The number of aliphatic carboxylic acids is 1. The van der Waals surface area contributed by atoms with Gasteiger partial charge in [-0.15, -0.1) is 0 Å². The molecule has 0 unspecified atom stereocenters. The van der Waals surface area contributed by atoms with Crippen LogP contribution in [0.15, 0.2) is 36.4 Å². The third-order valence-electron chi connectivity index (χ3n) is 1.64. The van der Waals surface area contributed by atoms with Gasteiger partial charge in [-0.05, 0) is 41.1 Å². The van der Waals surface area contributed by atoms with Gasteiger partial charge in [0.1, 0.15) is 5.75 Å². The van der Waals surface area contributed by atoms with E-state index in [1.54, 1.807) is 6.08 Å². The van der Waals surface area contributed by atoms with Gasteiger partial charge in [-0.3, -0.25) is 0 Å². The Morgan fingerprint density at radius 3 is 2.87 bits per heavy atom. The van der Waals surface area contributed by atoms with E-state index < -0.39 is 5.97 Å². The number of benzene rings is 1. The summed E-state index contributed by atoms with van der Waals surface area (Å²) in [6.45, 7) is 0.490. The van der Waals surface area contributed by atoms with E-state index in [0.717, 1.165) is 15.4 Å². The molecule has 1 aromatic carbocycles. The van der Waals surface area contributed by atoms with E-state index in [1.807, 2.05) is 24.3 Å². The molecule has 0 atom stereocenters. The first-order valence-electron chi connectivity index (χ1n) is 4.47. The predicted octanol–water partition coefficient (Wildman–Crippen LogP) is 2.70. The average molecular weight is 318 g/mol. The summed E-state index contributed by atoms with van der Waals surface area (Å²) < 4.78 is 6.52. The highest BCUT2D eigenvalue weighted by molar-refractivity contribution is 14.1. The van der Waals surface area contributed by atoms with Gasteiger partial charge in [0.2, 0.25) is 0 Å². The zero-order valence-corrected chi connectivity index (χ0v) is 10.2. The molecule has 4 heteroatoms. The molecule has 15 heavy (non-hydrogen) atoms. The predicted molar refractivity (Wildman–Crippen MR) is 66.0 cm³/mol. The van der Waals surface area contributed by atoms with Crippen LogP contribution in [0, 0.1) is 3.57 Å². The SMILES string of the molecule is O=C(O)/C=C/CCOc1ccccc1I. The fourth-order valence-electron chi connectivity index (χ4n) is 0.983. The van der Waals surface area contributed by atoms with E-state index >= 15 is 0 Å².